The van der Waals surface area contributed by atoms with Crippen LogP contribution >= 0.6 is 0 Å². The highest BCUT2D eigenvalue weighted by Gasteiger charge is 2.80. The molecule has 2 N–H and O–H groups in total. The number of likely N-dealkylation sites (N-methyl/N-ethyl adjacent to an activating group) is 1. The number of aliphatic hydroxyl groups is 1. The van der Waals surface area contributed by atoms with E-state index in [1.807, 2.05) is 49.2 Å². The summed E-state index contributed by atoms with van der Waals surface area (Å²) in [6.45, 7) is 4.76. The fourth-order valence-corrected chi connectivity index (χ4v) is 7.52. The van der Waals surface area contributed by atoms with E-state index < -0.39 is 40.5 Å². The fourth-order valence-electron chi connectivity index (χ4n) is 7.52. The molecule has 4 aliphatic rings. The second-order valence-electron chi connectivity index (χ2n) is 9.57. The molecule has 1 saturated heterocycles. The molecule has 1 aromatic rings. The van der Waals surface area contributed by atoms with Crippen LogP contribution in [0.4, 0.5) is 5.69 Å². The van der Waals surface area contributed by atoms with Crippen LogP contribution < -0.4 is 9.64 Å². The van der Waals surface area contributed by atoms with E-state index in [1.54, 1.807) is 7.11 Å². The third-order valence-corrected chi connectivity index (χ3v) is 8.45. The second-order valence-corrected chi connectivity index (χ2v) is 9.57. The van der Waals surface area contributed by atoms with Crippen molar-refractivity contribution in [2.24, 2.45) is 5.41 Å². The molecule has 2 fully saturated rings. The summed E-state index contributed by atoms with van der Waals surface area (Å²) in [7, 11) is 3.41. The average Bonchev–Trinajstić information content (AvgIpc) is 3.28. The standard InChI is InChI=1S/C24H30N2O6/c1-5-22-9-6-11-26-12-10-23(18(22)26)16-8-7-15(31-4)13-17(16)25(3)19(23)24(30,21(28)29)20(22)32-14(2)27/h6-9,13,18-20,30H,5,10-12H2,1-4H3,(H,28,29)/t18-,19+,20+,22+,23?,24-/m0/s1. The molecule has 3 heterocycles. The molecule has 1 aliphatic carbocycles. The summed E-state index contributed by atoms with van der Waals surface area (Å²) in [5.41, 5.74) is -1.92. The van der Waals surface area contributed by atoms with Crippen LogP contribution in [0.5, 0.6) is 5.75 Å². The number of nitrogens with zero attached hydrogens (tertiary/aromatic N) is 2. The molecule has 8 nitrogen and oxygen atoms in total. The average molecular weight is 443 g/mol. The van der Waals surface area contributed by atoms with E-state index in [0.717, 1.165) is 24.3 Å². The lowest BCUT2D eigenvalue weighted by atomic mass is 9.48. The number of methoxy groups -OCH3 is 1. The third-order valence-electron chi connectivity index (χ3n) is 8.45. The molecule has 8 heteroatoms. The maximum Gasteiger partial charge on any atom is 0.341 e. The first-order valence-electron chi connectivity index (χ1n) is 11.1. The number of ether oxygens (including phenoxy) is 2. The number of hydrogen-bond acceptors (Lipinski definition) is 7. The Morgan fingerprint density at radius 2 is 2.03 bits per heavy atom. The van der Waals surface area contributed by atoms with Crippen LogP contribution in [0, 0.1) is 5.41 Å². The number of benzene rings is 1. The molecular formula is C24H30N2O6. The van der Waals surface area contributed by atoms with Crippen LogP contribution in [-0.4, -0.2) is 78.1 Å². The van der Waals surface area contributed by atoms with Crippen LogP contribution in [0.3, 0.4) is 0 Å². The molecule has 6 atom stereocenters. The van der Waals surface area contributed by atoms with E-state index in [-0.39, 0.29) is 6.04 Å². The summed E-state index contributed by atoms with van der Waals surface area (Å²) >= 11 is 0. The van der Waals surface area contributed by atoms with E-state index in [2.05, 4.69) is 4.90 Å². The molecule has 32 heavy (non-hydrogen) atoms. The normalized spacial score (nSPS) is 39.3. The maximum atomic E-state index is 12.9. The number of aliphatic carboxylic acids is 1. The maximum absolute atomic E-state index is 12.9. The summed E-state index contributed by atoms with van der Waals surface area (Å²) < 4.78 is 11.2. The van der Waals surface area contributed by atoms with Crippen LogP contribution in [0.1, 0.15) is 32.3 Å². The topological polar surface area (TPSA) is 99.5 Å². The highest BCUT2D eigenvalue weighted by Crippen LogP contribution is 2.67. The van der Waals surface area contributed by atoms with Gasteiger partial charge in [0.25, 0.3) is 0 Å². The molecule has 5 rings (SSSR count). The zero-order chi connectivity index (χ0) is 23.1. The molecule has 1 saturated carbocycles. The zero-order valence-corrected chi connectivity index (χ0v) is 18.9. The van der Waals surface area contributed by atoms with E-state index in [0.29, 0.717) is 18.6 Å². The summed E-state index contributed by atoms with van der Waals surface area (Å²) in [6.07, 6.45) is 4.03. The van der Waals surface area contributed by atoms with Gasteiger partial charge in [-0.2, -0.15) is 0 Å². The van der Waals surface area contributed by atoms with Gasteiger partial charge in [-0.25, -0.2) is 4.79 Å². The summed E-state index contributed by atoms with van der Waals surface area (Å²) in [5.74, 6) is -1.30. The number of esters is 1. The molecular weight excluding hydrogens is 412 g/mol. The van der Waals surface area contributed by atoms with Crippen molar-refractivity contribution in [3.05, 3.63) is 35.9 Å². The van der Waals surface area contributed by atoms with Crippen molar-refractivity contribution in [1.82, 2.24) is 4.90 Å². The quantitative estimate of drug-likeness (QED) is 0.535. The van der Waals surface area contributed by atoms with Gasteiger partial charge in [-0.3, -0.25) is 9.69 Å². The number of carboxylic acid groups (broad SMARTS) is 1. The number of fused-ring (bicyclic) bond motifs is 1. The van der Waals surface area contributed by atoms with Crippen LogP contribution in [0.15, 0.2) is 30.4 Å². The third kappa shape index (κ3) is 2.24. The minimum absolute atomic E-state index is 0.115. The summed E-state index contributed by atoms with van der Waals surface area (Å²) in [4.78, 5) is 29.3. The molecule has 1 unspecified atom stereocenters. The van der Waals surface area contributed by atoms with Crippen molar-refractivity contribution in [2.45, 2.75) is 55.9 Å². The largest absolute Gasteiger partial charge is 0.497 e. The summed E-state index contributed by atoms with van der Waals surface area (Å²) in [5, 5.41) is 22.7. The first-order valence-corrected chi connectivity index (χ1v) is 11.1. The van der Waals surface area contributed by atoms with Crippen LogP contribution in [0.2, 0.25) is 0 Å². The Bertz CT molecular complexity index is 1030. The minimum atomic E-state index is -2.31. The number of rotatable bonds is 4. The Kier molecular flexibility index (Phi) is 4.46. The minimum Gasteiger partial charge on any atom is -0.497 e. The zero-order valence-electron chi connectivity index (χ0n) is 18.9. The van der Waals surface area contributed by atoms with Crippen molar-refractivity contribution in [2.75, 3.05) is 32.1 Å². The van der Waals surface area contributed by atoms with Gasteiger partial charge >= 0.3 is 11.9 Å². The first kappa shape index (κ1) is 21.3. The molecule has 0 aromatic heterocycles. The fraction of sp³-hybridized carbons (Fsp3) is 0.583. The van der Waals surface area contributed by atoms with Gasteiger partial charge < -0.3 is 24.6 Å². The Hall–Kier alpha value is -2.58. The molecule has 172 valence electrons. The Morgan fingerprint density at radius 1 is 1.28 bits per heavy atom. The van der Waals surface area contributed by atoms with Crippen molar-refractivity contribution < 1.29 is 29.3 Å². The van der Waals surface area contributed by atoms with E-state index in [4.69, 9.17) is 9.47 Å². The predicted octanol–water partition coefficient (Wildman–Crippen LogP) is 1.55. The second kappa shape index (κ2) is 6.71. The van der Waals surface area contributed by atoms with E-state index in [1.165, 1.54) is 6.92 Å². The van der Waals surface area contributed by atoms with Gasteiger partial charge in [0, 0.05) is 49.1 Å². The molecule has 3 aliphatic heterocycles. The molecule has 1 aromatic carbocycles. The van der Waals surface area contributed by atoms with Gasteiger partial charge in [0.05, 0.1) is 13.2 Å². The van der Waals surface area contributed by atoms with Gasteiger partial charge in [0.15, 0.2) is 6.10 Å². The molecule has 1 spiro atoms. The smallest absolute Gasteiger partial charge is 0.341 e. The number of hydrogen-bond donors (Lipinski definition) is 2. The van der Waals surface area contributed by atoms with E-state index in [9.17, 15) is 19.8 Å². The first-order chi connectivity index (χ1) is 15.2. The lowest BCUT2D eigenvalue weighted by molar-refractivity contribution is -0.226. The van der Waals surface area contributed by atoms with E-state index >= 15 is 0 Å². The number of carbonyl (C=O) groups is 2. The Balaban J connectivity index is 1.86. The molecule has 0 amide bonds. The van der Waals surface area contributed by atoms with Gasteiger partial charge in [0.1, 0.15) is 5.75 Å². The number of carboxylic acids is 1. The summed E-state index contributed by atoms with van der Waals surface area (Å²) in [6, 6.07) is 4.90. The predicted molar refractivity (Wildman–Crippen MR) is 117 cm³/mol. The number of carbonyl (C=O) groups excluding carboxylic acids is 1. The monoisotopic (exact) mass is 442 g/mol. The lowest BCUT2D eigenvalue weighted by Gasteiger charge is -2.63. The van der Waals surface area contributed by atoms with Crippen LogP contribution in [0.25, 0.3) is 0 Å². The highest BCUT2D eigenvalue weighted by molar-refractivity contribution is 5.85. The van der Waals surface area contributed by atoms with Crippen molar-refractivity contribution in [3.63, 3.8) is 0 Å². The SMILES string of the molecule is CC[C@]12C=CCN3CCC4(c5ccc(OC)cc5N(C)[C@H]4[C@@](O)(C(=O)O)[C@@H]1OC(C)=O)[C@@H]32. The number of anilines is 1. The van der Waals surface area contributed by atoms with Gasteiger partial charge in [-0.05, 0) is 31.0 Å². The van der Waals surface area contributed by atoms with Gasteiger partial charge in [-0.15, -0.1) is 0 Å². The van der Waals surface area contributed by atoms with Crippen LogP contribution in [-0.2, 0) is 19.7 Å². The van der Waals surface area contributed by atoms with Gasteiger partial charge in [-0.1, -0.05) is 25.1 Å². The van der Waals surface area contributed by atoms with Crippen molar-refractivity contribution in [3.8, 4) is 5.75 Å². The highest BCUT2D eigenvalue weighted by atomic mass is 16.6. The van der Waals surface area contributed by atoms with Gasteiger partial charge in [0.2, 0.25) is 5.60 Å². The Morgan fingerprint density at radius 3 is 2.66 bits per heavy atom. The molecule has 0 bridgehead atoms. The molecule has 0 radical (unpaired) electrons. The lowest BCUT2D eigenvalue weighted by Crippen LogP contribution is -2.81. The van der Waals surface area contributed by atoms with Crippen molar-refractivity contribution in [1.29, 1.82) is 0 Å². The van der Waals surface area contributed by atoms with Crippen molar-refractivity contribution >= 4 is 17.6 Å². The Labute approximate surface area is 187 Å².